The molecule has 0 fully saturated rings. The first-order chi connectivity index (χ1) is 7.33. The van der Waals surface area contributed by atoms with E-state index < -0.39 is 0 Å². The molecule has 0 saturated heterocycles. The lowest BCUT2D eigenvalue weighted by Gasteiger charge is -2.01. The zero-order valence-electron chi connectivity index (χ0n) is 8.70. The molecule has 3 N–H and O–H groups in total. The SMILES string of the molecule is CCCc1c(N)n[nH]c1-c1ccccn1. The number of nitrogen functional groups attached to an aromatic ring is 1. The number of hydrogen-bond acceptors (Lipinski definition) is 3. The Hall–Kier alpha value is -1.84. The number of rotatable bonds is 3. The van der Waals surface area contributed by atoms with Gasteiger partial charge in [-0.2, -0.15) is 5.10 Å². The lowest BCUT2D eigenvalue weighted by atomic mass is 10.1. The zero-order valence-corrected chi connectivity index (χ0v) is 8.70. The number of pyridine rings is 1. The molecule has 0 aliphatic rings. The van der Waals surface area contributed by atoms with Gasteiger partial charge in [0.2, 0.25) is 0 Å². The first kappa shape index (κ1) is 9.71. The summed E-state index contributed by atoms with van der Waals surface area (Å²) in [4.78, 5) is 4.28. The van der Waals surface area contributed by atoms with Crippen LogP contribution in [-0.2, 0) is 6.42 Å². The van der Waals surface area contributed by atoms with Crippen molar-refractivity contribution >= 4 is 5.82 Å². The van der Waals surface area contributed by atoms with Crippen molar-refractivity contribution in [1.82, 2.24) is 15.2 Å². The molecule has 78 valence electrons. The maximum atomic E-state index is 5.79. The molecule has 0 atom stereocenters. The van der Waals surface area contributed by atoms with Crippen LogP contribution in [-0.4, -0.2) is 15.2 Å². The van der Waals surface area contributed by atoms with E-state index in [0.717, 1.165) is 29.8 Å². The first-order valence-electron chi connectivity index (χ1n) is 5.07. The minimum absolute atomic E-state index is 0.581. The standard InChI is InChI=1S/C11H14N4/c1-2-5-8-10(14-15-11(8)12)9-6-3-4-7-13-9/h3-4,6-7H,2,5H2,1H3,(H3,12,14,15). The molecule has 0 aliphatic heterocycles. The molecule has 0 amide bonds. The monoisotopic (exact) mass is 202 g/mol. The predicted molar refractivity (Wildman–Crippen MR) is 60.2 cm³/mol. The van der Waals surface area contributed by atoms with Crippen molar-refractivity contribution < 1.29 is 0 Å². The Morgan fingerprint density at radius 2 is 2.27 bits per heavy atom. The summed E-state index contributed by atoms with van der Waals surface area (Å²) < 4.78 is 0. The van der Waals surface area contributed by atoms with Crippen LogP contribution in [0.25, 0.3) is 11.4 Å². The van der Waals surface area contributed by atoms with Crippen molar-refractivity contribution in [3.8, 4) is 11.4 Å². The molecule has 0 aliphatic carbocycles. The van der Waals surface area contributed by atoms with Crippen molar-refractivity contribution in [2.75, 3.05) is 5.73 Å². The fourth-order valence-electron chi connectivity index (χ4n) is 1.60. The number of hydrogen-bond donors (Lipinski definition) is 2. The van der Waals surface area contributed by atoms with Gasteiger partial charge >= 0.3 is 0 Å². The highest BCUT2D eigenvalue weighted by Crippen LogP contribution is 2.24. The number of nitrogens with one attached hydrogen (secondary N) is 1. The molecular weight excluding hydrogens is 188 g/mol. The molecule has 2 rings (SSSR count). The van der Waals surface area contributed by atoms with Gasteiger partial charge in [0.1, 0.15) is 5.82 Å². The Kier molecular flexibility index (Phi) is 2.67. The average molecular weight is 202 g/mol. The smallest absolute Gasteiger partial charge is 0.149 e. The van der Waals surface area contributed by atoms with Crippen LogP contribution >= 0.6 is 0 Å². The summed E-state index contributed by atoms with van der Waals surface area (Å²) in [5, 5.41) is 6.96. The molecule has 0 bridgehead atoms. The second-order valence-corrected chi connectivity index (χ2v) is 3.43. The van der Waals surface area contributed by atoms with Gasteiger partial charge in [0.05, 0.1) is 11.4 Å². The van der Waals surface area contributed by atoms with Crippen LogP contribution < -0.4 is 5.73 Å². The number of nitrogens with zero attached hydrogens (tertiary/aromatic N) is 2. The highest BCUT2D eigenvalue weighted by atomic mass is 15.2. The Morgan fingerprint density at radius 1 is 1.40 bits per heavy atom. The molecule has 0 aromatic carbocycles. The van der Waals surface area contributed by atoms with Gasteiger partial charge < -0.3 is 5.73 Å². The van der Waals surface area contributed by atoms with Gasteiger partial charge in [0.25, 0.3) is 0 Å². The molecule has 2 aromatic rings. The van der Waals surface area contributed by atoms with Crippen molar-refractivity contribution in [2.24, 2.45) is 0 Å². The van der Waals surface area contributed by atoms with E-state index in [1.54, 1.807) is 6.20 Å². The van der Waals surface area contributed by atoms with Gasteiger partial charge in [-0.3, -0.25) is 10.1 Å². The summed E-state index contributed by atoms with van der Waals surface area (Å²) in [7, 11) is 0. The van der Waals surface area contributed by atoms with E-state index in [1.165, 1.54) is 0 Å². The Bertz CT molecular complexity index is 433. The first-order valence-corrected chi connectivity index (χ1v) is 5.07. The van der Waals surface area contributed by atoms with Crippen LogP contribution in [0.1, 0.15) is 18.9 Å². The van der Waals surface area contributed by atoms with Gasteiger partial charge in [0, 0.05) is 11.8 Å². The third-order valence-corrected chi connectivity index (χ3v) is 2.32. The van der Waals surface area contributed by atoms with E-state index in [4.69, 9.17) is 5.73 Å². The van der Waals surface area contributed by atoms with Crippen LogP contribution in [0.15, 0.2) is 24.4 Å². The van der Waals surface area contributed by atoms with Gasteiger partial charge in [0.15, 0.2) is 0 Å². The number of aromatic nitrogens is 3. The van der Waals surface area contributed by atoms with E-state index in [0.29, 0.717) is 5.82 Å². The van der Waals surface area contributed by atoms with Crippen LogP contribution in [0, 0.1) is 0 Å². The Balaban J connectivity index is 2.44. The summed E-state index contributed by atoms with van der Waals surface area (Å²) in [6.07, 6.45) is 3.74. The zero-order chi connectivity index (χ0) is 10.7. The minimum Gasteiger partial charge on any atom is -0.382 e. The maximum Gasteiger partial charge on any atom is 0.149 e. The topological polar surface area (TPSA) is 67.6 Å². The predicted octanol–water partition coefficient (Wildman–Crippen LogP) is 2.01. The van der Waals surface area contributed by atoms with E-state index in [-0.39, 0.29) is 0 Å². The fraction of sp³-hybridized carbons (Fsp3) is 0.273. The van der Waals surface area contributed by atoms with Crippen LogP contribution in [0.5, 0.6) is 0 Å². The summed E-state index contributed by atoms with van der Waals surface area (Å²) >= 11 is 0. The molecule has 4 heteroatoms. The molecule has 0 unspecified atom stereocenters. The quantitative estimate of drug-likeness (QED) is 0.800. The number of anilines is 1. The molecule has 0 radical (unpaired) electrons. The van der Waals surface area contributed by atoms with Crippen LogP contribution in [0.3, 0.4) is 0 Å². The van der Waals surface area contributed by atoms with Gasteiger partial charge in [-0.1, -0.05) is 19.4 Å². The molecule has 0 saturated carbocycles. The lowest BCUT2D eigenvalue weighted by Crippen LogP contribution is -1.93. The van der Waals surface area contributed by atoms with E-state index >= 15 is 0 Å². The van der Waals surface area contributed by atoms with Gasteiger partial charge in [-0.05, 0) is 18.6 Å². The van der Waals surface area contributed by atoms with Crippen LogP contribution in [0.4, 0.5) is 5.82 Å². The van der Waals surface area contributed by atoms with Crippen molar-refractivity contribution in [2.45, 2.75) is 19.8 Å². The third kappa shape index (κ3) is 1.83. The van der Waals surface area contributed by atoms with Crippen molar-refractivity contribution in [3.63, 3.8) is 0 Å². The van der Waals surface area contributed by atoms with Gasteiger partial charge in [-0.25, -0.2) is 0 Å². The van der Waals surface area contributed by atoms with Gasteiger partial charge in [-0.15, -0.1) is 0 Å². The Morgan fingerprint density at radius 3 is 2.93 bits per heavy atom. The molecule has 2 aromatic heterocycles. The Labute approximate surface area is 88.5 Å². The van der Waals surface area contributed by atoms with Crippen LogP contribution in [0.2, 0.25) is 0 Å². The minimum atomic E-state index is 0.581. The highest BCUT2D eigenvalue weighted by molar-refractivity contribution is 5.64. The molecule has 2 heterocycles. The van der Waals surface area contributed by atoms with E-state index in [1.807, 2.05) is 18.2 Å². The van der Waals surface area contributed by atoms with E-state index in [2.05, 4.69) is 22.1 Å². The summed E-state index contributed by atoms with van der Waals surface area (Å²) in [6.45, 7) is 2.12. The van der Waals surface area contributed by atoms with E-state index in [9.17, 15) is 0 Å². The normalized spacial score (nSPS) is 10.5. The molecule has 0 spiro atoms. The third-order valence-electron chi connectivity index (χ3n) is 2.32. The molecular formula is C11H14N4. The van der Waals surface area contributed by atoms with Crippen molar-refractivity contribution in [3.05, 3.63) is 30.0 Å². The molecule has 15 heavy (non-hydrogen) atoms. The maximum absolute atomic E-state index is 5.79. The average Bonchev–Trinajstić information content (AvgIpc) is 2.63. The number of aromatic amines is 1. The fourth-order valence-corrected chi connectivity index (χ4v) is 1.60. The summed E-state index contributed by atoms with van der Waals surface area (Å²) in [5.74, 6) is 0.581. The number of H-pyrrole nitrogens is 1. The molecule has 4 nitrogen and oxygen atoms in total. The van der Waals surface area contributed by atoms with Crippen molar-refractivity contribution in [1.29, 1.82) is 0 Å². The second-order valence-electron chi connectivity index (χ2n) is 3.43. The largest absolute Gasteiger partial charge is 0.382 e. The second kappa shape index (κ2) is 4.13. The summed E-state index contributed by atoms with van der Waals surface area (Å²) in [5.41, 5.74) is 8.69. The summed E-state index contributed by atoms with van der Waals surface area (Å²) in [6, 6.07) is 5.80. The highest BCUT2D eigenvalue weighted by Gasteiger charge is 2.11. The number of nitrogens with two attached hydrogens (primary N) is 1. The lowest BCUT2D eigenvalue weighted by molar-refractivity contribution is 0.926.